The van der Waals surface area contributed by atoms with E-state index in [4.69, 9.17) is 5.11 Å². The Kier molecular flexibility index (Phi) is 3.52. The van der Waals surface area contributed by atoms with Gasteiger partial charge in [0.1, 0.15) is 0 Å². The average molecular weight is 296 g/mol. The Morgan fingerprint density at radius 1 is 1.47 bits per heavy atom. The number of benzene rings is 1. The molecule has 0 fully saturated rings. The zero-order valence-corrected chi connectivity index (χ0v) is 11.2. The molecule has 0 atom stereocenters. The molecule has 1 aromatic carbocycles. The van der Waals surface area contributed by atoms with Crippen LogP contribution in [0.25, 0.3) is 0 Å². The Labute approximate surface area is 109 Å². The summed E-state index contributed by atoms with van der Waals surface area (Å²) in [4.78, 5) is 13.0. The molecule has 0 saturated heterocycles. The predicted octanol–water partition coefficient (Wildman–Crippen LogP) is 2.98. The van der Waals surface area contributed by atoms with Crippen LogP contribution in [0.3, 0.4) is 0 Å². The topological polar surface area (TPSA) is 40.5 Å². The highest BCUT2D eigenvalue weighted by Crippen LogP contribution is 2.29. The number of anilines is 1. The molecule has 2 rings (SSSR count). The zero-order chi connectivity index (χ0) is 12.4. The third kappa shape index (κ3) is 2.69. The number of rotatable bonds is 2. The fourth-order valence-electron chi connectivity index (χ4n) is 1.95. The first-order valence-corrected chi connectivity index (χ1v) is 6.30. The van der Waals surface area contributed by atoms with Gasteiger partial charge in [-0.3, -0.25) is 0 Å². The molecule has 0 unspecified atom stereocenters. The minimum atomic E-state index is -0.798. The van der Waals surface area contributed by atoms with Gasteiger partial charge in [-0.1, -0.05) is 12.1 Å². The van der Waals surface area contributed by atoms with Gasteiger partial charge in [0, 0.05) is 23.1 Å². The number of halogens is 1. The molecule has 4 heteroatoms. The largest absolute Gasteiger partial charge is 0.478 e. The van der Waals surface area contributed by atoms with Crippen LogP contribution in [0.4, 0.5) is 5.69 Å². The van der Waals surface area contributed by atoms with Gasteiger partial charge in [-0.25, -0.2) is 4.79 Å². The SMILES string of the molecule is Cc1ccc(N2CC=C(C(=O)O)CC2)c(Br)c1. The second kappa shape index (κ2) is 4.92. The van der Waals surface area contributed by atoms with Crippen LogP contribution in [0.5, 0.6) is 0 Å². The minimum Gasteiger partial charge on any atom is -0.478 e. The van der Waals surface area contributed by atoms with Gasteiger partial charge in [0.15, 0.2) is 0 Å². The Morgan fingerprint density at radius 2 is 2.24 bits per heavy atom. The summed E-state index contributed by atoms with van der Waals surface area (Å²) < 4.78 is 1.06. The van der Waals surface area contributed by atoms with Crippen LogP contribution in [-0.4, -0.2) is 24.2 Å². The molecule has 90 valence electrons. The van der Waals surface area contributed by atoms with Gasteiger partial charge in [-0.05, 0) is 47.0 Å². The maximum atomic E-state index is 10.8. The molecule has 1 heterocycles. The van der Waals surface area contributed by atoms with Gasteiger partial charge in [-0.15, -0.1) is 0 Å². The van der Waals surface area contributed by atoms with Crippen LogP contribution in [0.2, 0.25) is 0 Å². The van der Waals surface area contributed by atoms with Crippen LogP contribution in [0, 0.1) is 6.92 Å². The molecule has 17 heavy (non-hydrogen) atoms. The highest BCUT2D eigenvalue weighted by Gasteiger charge is 2.17. The lowest BCUT2D eigenvalue weighted by Gasteiger charge is -2.28. The number of nitrogens with zero attached hydrogens (tertiary/aromatic N) is 1. The van der Waals surface area contributed by atoms with Gasteiger partial charge in [0.2, 0.25) is 0 Å². The molecule has 0 aliphatic carbocycles. The van der Waals surface area contributed by atoms with E-state index in [2.05, 4.69) is 39.0 Å². The van der Waals surface area contributed by atoms with Gasteiger partial charge in [0.25, 0.3) is 0 Å². The molecule has 0 radical (unpaired) electrons. The smallest absolute Gasteiger partial charge is 0.331 e. The maximum absolute atomic E-state index is 10.8. The molecule has 0 amide bonds. The van der Waals surface area contributed by atoms with Crippen molar-refractivity contribution in [3.05, 3.63) is 39.9 Å². The predicted molar refractivity (Wildman–Crippen MR) is 71.4 cm³/mol. The molecule has 3 nitrogen and oxygen atoms in total. The van der Waals surface area contributed by atoms with Crippen molar-refractivity contribution in [2.24, 2.45) is 0 Å². The van der Waals surface area contributed by atoms with E-state index in [1.165, 1.54) is 5.56 Å². The number of aliphatic carboxylic acids is 1. The number of carboxylic acids is 1. The standard InChI is InChI=1S/C13H14BrNO2/c1-9-2-3-12(11(14)8-9)15-6-4-10(5-7-15)13(16)17/h2-4,8H,5-7H2,1H3,(H,16,17). The van der Waals surface area contributed by atoms with E-state index in [0.29, 0.717) is 18.5 Å². The molecule has 1 aromatic rings. The molecule has 1 N–H and O–H groups in total. The van der Waals surface area contributed by atoms with Crippen molar-refractivity contribution < 1.29 is 9.90 Å². The normalized spacial score (nSPS) is 15.6. The summed E-state index contributed by atoms with van der Waals surface area (Å²) >= 11 is 3.55. The summed E-state index contributed by atoms with van der Waals surface area (Å²) in [6, 6.07) is 6.21. The average Bonchev–Trinajstić information content (AvgIpc) is 2.29. The molecule has 0 saturated carbocycles. The maximum Gasteiger partial charge on any atom is 0.331 e. The van der Waals surface area contributed by atoms with Crippen LogP contribution >= 0.6 is 15.9 Å². The van der Waals surface area contributed by atoms with Crippen molar-refractivity contribution in [2.45, 2.75) is 13.3 Å². The lowest BCUT2D eigenvalue weighted by molar-refractivity contribution is -0.132. The first-order valence-electron chi connectivity index (χ1n) is 5.51. The molecule has 0 bridgehead atoms. The van der Waals surface area contributed by atoms with Gasteiger partial charge < -0.3 is 10.0 Å². The number of aryl methyl sites for hydroxylation is 1. The van der Waals surface area contributed by atoms with Gasteiger partial charge in [0.05, 0.1) is 5.69 Å². The number of carbonyl (C=O) groups is 1. The molecule has 1 aliphatic heterocycles. The van der Waals surface area contributed by atoms with Crippen molar-refractivity contribution in [3.63, 3.8) is 0 Å². The van der Waals surface area contributed by atoms with Crippen LogP contribution in [0.1, 0.15) is 12.0 Å². The summed E-state index contributed by atoms with van der Waals surface area (Å²) in [5.74, 6) is -0.798. The van der Waals surface area contributed by atoms with Crippen molar-refractivity contribution in [1.82, 2.24) is 0 Å². The second-order valence-corrected chi connectivity index (χ2v) is 5.04. The molecular weight excluding hydrogens is 282 g/mol. The van der Waals surface area contributed by atoms with E-state index in [0.717, 1.165) is 16.7 Å². The highest BCUT2D eigenvalue weighted by atomic mass is 79.9. The Morgan fingerprint density at radius 3 is 2.76 bits per heavy atom. The van der Waals surface area contributed by atoms with E-state index >= 15 is 0 Å². The summed E-state index contributed by atoms with van der Waals surface area (Å²) in [6.45, 7) is 3.45. The molecular formula is C13H14BrNO2. The number of carboxylic acid groups (broad SMARTS) is 1. The molecule has 0 spiro atoms. The minimum absolute atomic E-state index is 0.518. The van der Waals surface area contributed by atoms with E-state index in [1.54, 1.807) is 6.08 Å². The van der Waals surface area contributed by atoms with Crippen molar-refractivity contribution in [3.8, 4) is 0 Å². The summed E-state index contributed by atoms with van der Waals surface area (Å²) in [6.07, 6.45) is 2.38. The van der Waals surface area contributed by atoms with Crippen molar-refractivity contribution >= 4 is 27.6 Å². The summed E-state index contributed by atoms with van der Waals surface area (Å²) in [5, 5.41) is 8.89. The fraction of sp³-hybridized carbons (Fsp3) is 0.308. The van der Waals surface area contributed by atoms with Crippen LogP contribution in [-0.2, 0) is 4.79 Å². The zero-order valence-electron chi connectivity index (χ0n) is 9.61. The summed E-state index contributed by atoms with van der Waals surface area (Å²) in [7, 11) is 0. The lowest BCUT2D eigenvalue weighted by atomic mass is 10.1. The monoisotopic (exact) mass is 295 g/mol. The quantitative estimate of drug-likeness (QED) is 0.912. The number of hydrogen-bond acceptors (Lipinski definition) is 2. The molecule has 0 aromatic heterocycles. The highest BCUT2D eigenvalue weighted by molar-refractivity contribution is 9.10. The Bertz CT molecular complexity index is 482. The van der Waals surface area contributed by atoms with Gasteiger partial charge >= 0.3 is 5.97 Å². The van der Waals surface area contributed by atoms with Crippen molar-refractivity contribution in [2.75, 3.05) is 18.0 Å². The Balaban J connectivity index is 2.18. The van der Waals surface area contributed by atoms with E-state index in [-0.39, 0.29) is 0 Å². The van der Waals surface area contributed by atoms with E-state index in [1.807, 2.05) is 6.92 Å². The number of hydrogen-bond donors (Lipinski definition) is 1. The first-order chi connectivity index (χ1) is 8.08. The fourth-order valence-corrected chi connectivity index (χ4v) is 2.69. The lowest BCUT2D eigenvalue weighted by Crippen LogP contribution is -2.30. The van der Waals surface area contributed by atoms with Crippen molar-refractivity contribution in [1.29, 1.82) is 0 Å². The Hall–Kier alpha value is -1.29. The first kappa shape index (κ1) is 12.2. The van der Waals surface area contributed by atoms with Gasteiger partial charge in [-0.2, -0.15) is 0 Å². The third-order valence-electron chi connectivity index (χ3n) is 2.93. The summed E-state index contributed by atoms with van der Waals surface area (Å²) in [5.41, 5.74) is 2.85. The molecule has 1 aliphatic rings. The van der Waals surface area contributed by atoms with Crippen LogP contribution < -0.4 is 4.90 Å². The second-order valence-electron chi connectivity index (χ2n) is 4.19. The third-order valence-corrected chi connectivity index (χ3v) is 3.56. The van der Waals surface area contributed by atoms with E-state index < -0.39 is 5.97 Å². The van der Waals surface area contributed by atoms with E-state index in [9.17, 15) is 4.79 Å². The van der Waals surface area contributed by atoms with Crippen LogP contribution in [0.15, 0.2) is 34.3 Å².